The van der Waals surface area contributed by atoms with Crippen molar-refractivity contribution in [1.29, 1.82) is 0 Å². The molecule has 1 saturated heterocycles. The van der Waals surface area contributed by atoms with Crippen LogP contribution in [0.3, 0.4) is 0 Å². The number of nitrogens with zero attached hydrogens (tertiary/aromatic N) is 7. The maximum Gasteiger partial charge on any atom is 0.228 e. The molecule has 9 nitrogen and oxygen atoms in total. The molecular formula is C19H19N7O2. The first kappa shape index (κ1) is 16.7. The molecule has 9 heteroatoms. The Morgan fingerprint density at radius 3 is 2.79 bits per heavy atom. The van der Waals surface area contributed by atoms with E-state index in [0.29, 0.717) is 37.5 Å². The van der Waals surface area contributed by atoms with Gasteiger partial charge in [0, 0.05) is 38.6 Å². The monoisotopic (exact) mass is 377 g/mol. The Morgan fingerprint density at radius 1 is 1.11 bits per heavy atom. The smallest absolute Gasteiger partial charge is 0.228 e. The quantitative estimate of drug-likeness (QED) is 0.533. The highest BCUT2D eigenvalue weighted by atomic mass is 16.5. The van der Waals surface area contributed by atoms with E-state index in [-0.39, 0.29) is 12.3 Å². The second-order valence-electron chi connectivity index (χ2n) is 6.87. The van der Waals surface area contributed by atoms with Crippen LogP contribution in [0.15, 0.2) is 41.3 Å². The van der Waals surface area contributed by atoms with Gasteiger partial charge in [-0.3, -0.25) is 9.48 Å². The molecule has 0 atom stereocenters. The second-order valence-corrected chi connectivity index (χ2v) is 6.87. The van der Waals surface area contributed by atoms with Crippen LogP contribution in [-0.2, 0) is 18.3 Å². The molecule has 0 radical (unpaired) electrons. The summed E-state index contributed by atoms with van der Waals surface area (Å²) in [5.41, 5.74) is 2.21. The van der Waals surface area contributed by atoms with Crippen molar-refractivity contribution in [3.63, 3.8) is 0 Å². The van der Waals surface area contributed by atoms with Gasteiger partial charge in [-0.15, -0.1) is 0 Å². The van der Waals surface area contributed by atoms with Crippen LogP contribution in [0.2, 0.25) is 0 Å². The van der Waals surface area contributed by atoms with Crippen molar-refractivity contribution < 1.29 is 9.32 Å². The predicted octanol–water partition coefficient (Wildman–Crippen LogP) is 1.40. The molecule has 0 unspecified atom stereocenters. The number of carbonyl (C=O) groups excluding carboxylic acids is 1. The highest BCUT2D eigenvalue weighted by Gasteiger charge is 2.25. The third-order valence-corrected chi connectivity index (χ3v) is 5.21. The zero-order chi connectivity index (χ0) is 19.1. The van der Waals surface area contributed by atoms with Crippen molar-refractivity contribution in [3.05, 3.63) is 42.5 Å². The molecule has 28 heavy (non-hydrogen) atoms. The maximum absolute atomic E-state index is 12.8. The number of amides is 1. The molecule has 142 valence electrons. The molecule has 0 N–H and O–H groups in total. The molecule has 3 aromatic heterocycles. The maximum atomic E-state index is 12.8. The topological polar surface area (TPSA) is 93.2 Å². The lowest BCUT2D eigenvalue weighted by atomic mass is 10.1. The fourth-order valence-electron chi connectivity index (χ4n) is 3.69. The highest BCUT2D eigenvalue weighted by Crippen LogP contribution is 2.24. The number of aryl methyl sites for hydroxylation is 1. The fourth-order valence-corrected chi connectivity index (χ4v) is 3.69. The van der Waals surface area contributed by atoms with E-state index in [2.05, 4.69) is 25.1 Å². The Labute approximate surface area is 160 Å². The number of hydrogen-bond donors (Lipinski definition) is 0. The minimum atomic E-state index is 0.0629. The van der Waals surface area contributed by atoms with Gasteiger partial charge in [0.05, 0.1) is 18.0 Å². The van der Waals surface area contributed by atoms with E-state index < -0.39 is 0 Å². The summed E-state index contributed by atoms with van der Waals surface area (Å²) in [7, 11) is 1.86. The van der Waals surface area contributed by atoms with Gasteiger partial charge < -0.3 is 14.3 Å². The molecule has 1 aliphatic heterocycles. The molecule has 0 bridgehead atoms. The lowest BCUT2D eigenvalue weighted by Crippen LogP contribution is -2.49. The van der Waals surface area contributed by atoms with Gasteiger partial charge in [0.25, 0.3) is 0 Å². The van der Waals surface area contributed by atoms with Gasteiger partial charge in [-0.25, -0.2) is 9.97 Å². The first-order chi connectivity index (χ1) is 13.7. The van der Waals surface area contributed by atoms with Gasteiger partial charge in [-0.05, 0) is 12.1 Å². The summed E-state index contributed by atoms with van der Waals surface area (Å²) >= 11 is 0. The van der Waals surface area contributed by atoms with Crippen LogP contribution in [0.1, 0.15) is 5.69 Å². The number of rotatable bonds is 3. The van der Waals surface area contributed by atoms with Crippen LogP contribution >= 0.6 is 0 Å². The van der Waals surface area contributed by atoms with E-state index in [1.807, 2.05) is 36.2 Å². The normalized spacial score (nSPS) is 14.9. The van der Waals surface area contributed by atoms with Crippen molar-refractivity contribution in [2.75, 3.05) is 31.1 Å². The first-order valence-corrected chi connectivity index (χ1v) is 9.19. The Balaban J connectivity index is 1.28. The molecular weight excluding hydrogens is 358 g/mol. The van der Waals surface area contributed by atoms with Gasteiger partial charge in [0.15, 0.2) is 11.2 Å². The Hall–Kier alpha value is -3.49. The number of hydrogen-bond acceptors (Lipinski definition) is 7. The van der Waals surface area contributed by atoms with E-state index in [1.165, 1.54) is 0 Å². The Kier molecular flexibility index (Phi) is 3.92. The Morgan fingerprint density at radius 2 is 1.93 bits per heavy atom. The van der Waals surface area contributed by atoms with Crippen molar-refractivity contribution in [2.45, 2.75) is 6.42 Å². The van der Waals surface area contributed by atoms with E-state index in [1.54, 1.807) is 17.2 Å². The van der Waals surface area contributed by atoms with Crippen LogP contribution in [0, 0.1) is 0 Å². The molecule has 4 aromatic rings. The molecule has 1 aromatic carbocycles. The third kappa shape index (κ3) is 2.75. The summed E-state index contributed by atoms with van der Waals surface area (Å²) < 4.78 is 7.04. The number of benzene rings is 1. The predicted molar refractivity (Wildman–Crippen MR) is 103 cm³/mol. The average Bonchev–Trinajstić information content (AvgIpc) is 3.32. The average molecular weight is 377 g/mol. The number of anilines is 1. The minimum Gasteiger partial charge on any atom is -0.356 e. The van der Waals surface area contributed by atoms with Gasteiger partial charge in [0.2, 0.25) is 5.91 Å². The standard InChI is InChI=1S/C19H19N7O2/c1-24-18-14(11-22-24)19(21-12-20-18)26-8-6-25(7-9-26)17(27)10-15-13-4-2-3-5-16(13)28-23-15/h2-5,11-12H,6-10H2,1H3. The SMILES string of the molecule is Cn1ncc2c(N3CCN(C(=O)Cc4noc5ccccc45)CC3)ncnc21. The van der Waals surface area contributed by atoms with Crippen molar-refractivity contribution in [3.8, 4) is 0 Å². The number of aromatic nitrogens is 5. The van der Waals surface area contributed by atoms with Gasteiger partial charge in [-0.1, -0.05) is 17.3 Å². The molecule has 1 amide bonds. The molecule has 0 aliphatic carbocycles. The van der Waals surface area contributed by atoms with Crippen molar-refractivity contribution in [1.82, 2.24) is 29.8 Å². The summed E-state index contributed by atoms with van der Waals surface area (Å²) in [6.07, 6.45) is 3.60. The molecule has 1 fully saturated rings. The van der Waals surface area contributed by atoms with Crippen molar-refractivity contribution in [2.24, 2.45) is 7.05 Å². The van der Waals surface area contributed by atoms with Crippen LogP contribution in [0.4, 0.5) is 5.82 Å². The lowest BCUT2D eigenvalue weighted by Gasteiger charge is -2.35. The fraction of sp³-hybridized carbons (Fsp3) is 0.316. The second kappa shape index (κ2) is 6.59. The van der Waals surface area contributed by atoms with E-state index in [4.69, 9.17) is 4.52 Å². The minimum absolute atomic E-state index is 0.0629. The summed E-state index contributed by atoms with van der Waals surface area (Å²) in [6, 6.07) is 7.61. The zero-order valence-corrected chi connectivity index (χ0v) is 15.4. The Bertz CT molecular complexity index is 1160. The first-order valence-electron chi connectivity index (χ1n) is 9.19. The largest absolute Gasteiger partial charge is 0.356 e. The number of fused-ring (bicyclic) bond motifs is 2. The number of piperazine rings is 1. The van der Waals surface area contributed by atoms with Crippen LogP contribution in [0.25, 0.3) is 22.0 Å². The van der Waals surface area contributed by atoms with Crippen LogP contribution in [0.5, 0.6) is 0 Å². The zero-order valence-electron chi connectivity index (χ0n) is 15.4. The van der Waals surface area contributed by atoms with E-state index in [0.717, 1.165) is 22.2 Å². The van der Waals surface area contributed by atoms with Gasteiger partial charge in [-0.2, -0.15) is 5.10 Å². The third-order valence-electron chi connectivity index (χ3n) is 5.21. The molecule has 4 heterocycles. The van der Waals surface area contributed by atoms with Gasteiger partial charge >= 0.3 is 0 Å². The molecule has 1 aliphatic rings. The molecule has 5 rings (SSSR count). The molecule has 0 spiro atoms. The van der Waals surface area contributed by atoms with Crippen LogP contribution < -0.4 is 4.90 Å². The summed E-state index contributed by atoms with van der Waals surface area (Å²) in [4.78, 5) is 25.5. The summed E-state index contributed by atoms with van der Waals surface area (Å²) in [5.74, 6) is 0.931. The lowest BCUT2D eigenvalue weighted by molar-refractivity contribution is -0.130. The van der Waals surface area contributed by atoms with Crippen LogP contribution in [-0.4, -0.2) is 61.9 Å². The van der Waals surface area contributed by atoms with Crippen molar-refractivity contribution >= 4 is 33.7 Å². The summed E-state index contributed by atoms with van der Waals surface area (Å²) in [5, 5.41) is 10.2. The number of carbonyl (C=O) groups is 1. The van der Waals surface area contributed by atoms with E-state index in [9.17, 15) is 4.79 Å². The molecule has 0 saturated carbocycles. The summed E-state index contributed by atoms with van der Waals surface area (Å²) in [6.45, 7) is 2.71. The number of para-hydroxylation sites is 1. The van der Waals surface area contributed by atoms with E-state index >= 15 is 0 Å². The van der Waals surface area contributed by atoms with Gasteiger partial charge in [0.1, 0.15) is 17.8 Å². The highest BCUT2D eigenvalue weighted by molar-refractivity contribution is 5.88.